The van der Waals surface area contributed by atoms with Crippen LogP contribution < -0.4 is 5.32 Å². The zero-order valence-corrected chi connectivity index (χ0v) is 31.4. The predicted molar refractivity (Wildman–Crippen MR) is 194 cm³/mol. The van der Waals surface area contributed by atoms with E-state index in [2.05, 4.69) is 43.5 Å². The van der Waals surface area contributed by atoms with Crippen LogP contribution in [0.25, 0.3) is 0 Å². The molecule has 0 bridgehead atoms. The fourth-order valence-electron chi connectivity index (χ4n) is 4.95. The number of ether oxygens (including phenoxy) is 1. The van der Waals surface area contributed by atoms with Crippen LogP contribution in [0.3, 0.4) is 0 Å². The molecule has 49 heavy (non-hydrogen) atoms. The van der Waals surface area contributed by atoms with Crippen molar-refractivity contribution in [2.45, 2.75) is 174 Å². The first-order valence-corrected chi connectivity index (χ1v) is 20.4. The van der Waals surface area contributed by atoms with Crippen molar-refractivity contribution in [3.63, 3.8) is 0 Å². The van der Waals surface area contributed by atoms with Crippen molar-refractivity contribution in [1.82, 2.24) is 5.32 Å². The lowest BCUT2D eigenvalue weighted by Crippen LogP contribution is -2.43. The summed E-state index contributed by atoms with van der Waals surface area (Å²) in [6, 6.07) is -1.55. The number of unbranched alkanes of at least 4 members (excludes halogenated alkanes) is 17. The summed E-state index contributed by atoms with van der Waals surface area (Å²) in [6.45, 7) is 2.51. The summed E-state index contributed by atoms with van der Waals surface area (Å²) in [5, 5.41) is 21.7. The molecule has 0 spiro atoms. The number of nitrogens with one attached hydrogen (secondary N) is 1. The van der Waals surface area contributed by atoms with Gasteiger partial charge in [0.1, 0.15) is 12.7 Å². The van der Waals surface area contributed by atoms with E-state index in [1.54, 1.807) is 0 Å². The standard InChI is InChI=1S/C37H68NO10P/c1-3-5-7-9-11-13-15-17-19-21-23-25-27-29-36(41)46-30-33(39)31-47-49(44,45)48-32-34(37(42)43)38-35(40)28-26-24-22-20-18-16-14-12-10-8-6-4-2/h12-15,33-34,39H,3-11,16-32H2,1-2H3,(H,38,40)(H,42,43)(H,44,45)/b14-12-,15-13-. The normalized spacial score (nSPS) is 14.2. The Labute approximate surface area is 296 Å². The lowest BCUT2D eigenvalue weighted by atomic mass is 10.1. The van der Waals surface area contributed by atoms with Gasteiger partial charge in [-0.1, -0.05) is 109 Å². The molecule has 0 heterocycles. The van der Waals surface area contributed by atoms with Crippen molar-refractivity contribution in [2.75, 3.05) is 19.8 Å². The molecule has 0 saturated carbocycles. The number of hydrogen-bond acceptors (Lipinski definition) is 8. The number of phosphoric acid groups is 1. The Balaban J connectivity index is 3.99. The van der Waals surface area contributed by atoms with E-state index in [1.807, 2.05) is 0 Å². The Morgan fingerprint density at radius 1 is 0.633 bits per heavy atom. The molecule has 0 aliphatic carbocycles. The minimum Gasteiger partial charge on any atom is -0.480 e. The summed E-state index contributed by atoms with van der Waals surface area (Å²) in [6.07, 6.45) is 30.7. The highest BCUT2D eigenvalue weighted by molar-refractivity contribution is 7.47. The molecule has 3 atom stereocenters. The van der Waals surface area contributed by atoms with Crippen LogP contribution in [0.4, 0.5) is 0 Å². The molecule has 0 fully saturated rings. The van der Waals surface area contributed by atoms with Crippen LogP contribution in [0.1, 0.15) is 162 Å². The van der Waals surface area contributed by atoms with Crippen LogP contribution in [-0.4, -0.2) is 64.9 Å². The molecule has 286 valence electrons. The number of aliphatic hydroxyl groups is 1. The first-order valence-electron chi connectivity index (χ1n) is 18.9. The first kappa shape index (κ1) is 47.0. The Kier molecular flexibility index (Phi) is 31.7. The number of allylic oxidation sites excluding steroid dienone is 4. The molecule has 0 aliphatic heterocycles. The Morgan fingerprint density at radius 2 is 1.06 bits per heavy atom. The number of hydrogen-bond donors (Lipinski definition) is 4. The minimum absolute atomic E-state index is 0.135. The molecule has 1 amide bonds. The zero-order valence-electron chi connectivity index (χ0n) is 30.5. The predicted octanol–water partition coefficient (Wildman–Crippen LogP) is 8.72. The SMILES string of the molecule is CCCCC/C=C\CCCCCCCC(=O)NC(COP(=O)(O)OCC(O)COC(=O)CCCCCCC/C=C\CCCCCC)C(=O)O. The average molecular weight is 718 g/mol. The number of aliphatic carboxylic acids is 1. The summed E-state index contributed by atoms with van der Waals surface area (Å²) >= 11 is 0. The second-order valence-corrected chi connectivity index (χ2v) is 14.2. The van der Waals surface area contributed by atoms with Gasteiger partial charge in [0.2, 0.25) is 5.91 Å². The molecular weight excluding hydrogens is 649 g/mol. The molecule has 4 N–H and O–H groups in total. The third-order valence-corrected chi connectivity index (χ3v) is 8.91. The molecule has 0 aliphatic rings. The first-order chi connectivity index (χ1) is 23.6. The molecule has 0 aromatic rings. The molecule has 0 aromatic carbocycles. The average Bonchev–Trinajstić information content (AvgIpc) is 3.07. The van der Waals surface area contributed by atoms with Crippen LogP contribution in [0.15, 0.2) is 24.3 Å². The number of carbonyl (C=O) groups excluding carboxylic acids is 2. The largest absolute Gasteiger partial charge is 0.480 e. The monoisotopic (exact) mass is 717 g/mol. The summed E-state index contributed by atoms with van der Waals surface area (Å²) < 4.78 is 26.7. The highest BCUT2D eigenvalue weighted by Gasteiger charge is 2.28. The number of amides is 1. The maximum Gasteiger partial charge on any atom is 0.472 e. The van der Waals surface area contributed by atoms with Crippen molar-refractivity contribution in [1.29, 1.82) is 0 Å². The molecule has 0 saturated heterocycles. The molecule has 0 rings (SSSR count). The Bertz CT molecular complexity index is 942. The molecule has 12 heteroatoms. The van der Waals surface area contributed by atoms with Gasteiger partial charge in [-0.15, -0.1) is 0 Å². The lowest BCUT2D eigenvalue weighted by Gasteiger charge is -2.18. The van der Waals surface area contributed by atoms with Gasteiger partial charge in [-0.05, 0) is 64.2 Å². The third-order valence-electron chi connectivity index (χ3n) is 7.96. The molecular formula is C37H68NO10P. The fourth-order valence-corrected chi connectivity index (χ4v) is 5.72. The quantitative estimate of drug-likeness (QED) is 0.0215. The van der Waals surface area contributed by atoms with Gasteiger partial charge in [0.25, 0.3) is 0 Å². The van der Waals surface area contributed by atoms with Crippen molar-refractivity contribution in [2.24, 2.45) is 0 Å². The van der Waals surface area contributed by atoms with E-state index >= 15 is 0 Å². The van der Waals surface area contributed by atoms with E-state index in [0.29, 0.717) is 12.8 Å². The van der Waals surface area contributed by atoms with Gasteiger partial charge in [-0.25, -0.2) is 9.36 Å². The van der Waals surface area contributed by atoms with Crippen molar-refractivity contribution < 1.29 is 47.8 Å². The number of esters is 1. The van der Waals surface area contributed by atoms with E-state index in [9.17, 15) is 34.1 Å². The van der Waals surface area contributed by atoms with E-state index in [4.69, 9.17) is 13.8 Å². The van der Waals surface area contributed by atoms with Gasteiger partial charge in [-0.2, -0.15) is 0 Å². The van der Waals surface area contributed by atoms with E-state index in [0.717, 1.165) is 77.0 Å². The van der Waals surface area contributed by atoms with Gasteiger partial charge >= 0.3 is 19.8 Å². The van der Waals surface area contributed by atoms with Gasteiger partial charge in [0.05, 0.1) is 13.2 Å². The zero-order chi connectivity index (χ0) is 36.4. The summed E-state index contributed by atoms with van der Waals surface area (Å²) in [7, 11) is -4.75. The number of carbonyl (C=O) groups is 3. The second-order valence-electron chi connectivity index (χ2n) is 12.8. The topological polar surface area (TPSA) is 169 Å². The Morgan fingerprint density at radius 3 is 1.59 bits per heavy atom. The second kappa shape index (κ2) is 33.1. The smallest absolute Gasteiger partial charge is 0.472 e. The van der Waals surface area contributed by atoms with Crippen LogP contribution in [0, 0.1) is 0 Å². The van der Waals surface area contributed by atoms with Crippen molar-refractivity contribution in [3.8, 4) is 0 Å². The summed E-state index contributed by atoms with van der Waals surface area (Å²) in [5.41, 5.74) is 0. The van der Waals surface area contributed by atoms with Gasteiger partial charge in [0.15, 0.2) is 6.04 Å². The maximum absolute atomic E-state index is 12.2. The third kappa shape index (κ3) is 32.9. The van der Waals surface area contributed by atoms with E-state index in [-0.39, 0.29) is 12.8 Å². The molecule has 0 radical (unpaired) electrons. The fraction of sp³-hybridized carbons (Fsp3) is 0.811. The molecule has 0 aromatic heterocycles. The van der Waals surface area contributed by atoms with Gasteiger partial charge in [0, 0.05) is 12.8 Å². The van der Waals surface area contributed by atoms with Crippen LogP contribution in [0.5, 0.6) is 0 Å². The van der Waals surface area contributed by atoms with E-state index < -0.39 is 57.6 Å². The number of rotatable bonds is 35. The maximum atomic E-state index is 12.2. The lowest BCUT2D eigenvalue weighted by molar-refractivity contribution is -0.147. The van der Waals surface area contributed by atoms with Crippen molar-refractivity contribution in [3.05, 3.63) is 24.3 Å². The van der Waals surface area contributed by atoms with Gasteiger partial charge in [-0.3, -0.25) is 18.6 Å². The van der Waals surface area contributed by atoms with Crippen LogP contribution in [-0.2, 0) is 32.7 Å². The van der Waals surface area contributed by atoms with E-state index in [1.165, 1.54) is 44.9 Å². The summed E-state index contributed by atoms with van der Waals surface area (Å²) in [5.74, 6) is -2.40. The molecule has 11 nitrogen and oxygen atoms in total. The highest BCUT2D eigenvalue weighted by atomic mass is 31.2. The van der Waals surface area contributed by atoms with Crippen molar-refractivity contribution >= 4 is 25.7 Å². The minimum atomic E-state index is -4.75. The number of carboxylic acids is 1. The Hall–Kier alpha value is -2.04. The van der Waals surface area contributed by atoms with Crippen LogP contribution >= 0.6 is 7.82 Å². The number of aliphatic hydroxyl groups excluding tert-OH is 1. The molecule has 3 unspecified atom stereocenters. The van der Waals surface area contributed by atoms with Gasteiger partial charge < -0.3 is 25.2 Å². The van der Waals surface area contributed by atoms with Crippen LogP contribution in [0.2, 0.25) is 0 Å². The number of phosphoric ester groups is 1. The summed E-state index contributed by atoms with van der Waals surface area (Å²) in [4.78, 5) is 45.6. The highest BCUT2D eigenvalue weighted by Crippen LogP contribution is 2.43. The number of carboxylic acid groups (broad SMARTS) is 1.